The van der Waals surface area contributed by atoms with Gasteiger partial charge in [-0.15, -0.1) is 0 Å². The highest BCUT2D eigenvalue weighted by molar-refractivity contribution is 9.10. The van der Waals surface area contributed by atoms with E-state index in [1.807, 2.05) is 0 Å². The molecule has 0 unspecified atom stereocenters. The van der Waals surface area contributed by atoms with Crippen molar-refractivity contribution in [1.82, 2.24) is 4.98 Å². The Bertz CT molecular complexity index is 521. The average Bonchev–Trinajstić information content (AvgIpc) is 2.24. The van der Waals surface area contributed by atoms with E-state index in [9.17, 15) is 4.39 Å². The van der Waals surface area contributed by atoms with Gasteiger partial charge in [0.25, 0.3) is 0 Å². The van der Waals surface area contributed by atoms with Crippen LogP contribution in [0, 0.1) is 5.82 Å². The molecule has 2 aromatic rings. The number of hydrogen-bond acceptors (Lipinski definition) is 2. The normalized spacial score (nSPS) is 10.2. The summed E-state index contributed by atoms with van der Waals surface area (Å²) >= 11 is 8.82. The van der Waals surface area contributed by atoms with E-state index in [1.165, 1.54) is 18.3 Å². The van der Waals surface area contributed by atoms with Crippen LogP contribution in [0.2, 0.25) is 5.02 Å². The second kappa shape index (κ2) is 4.80. The molecule has 0 spiro atoms. The smallest absolute Gasteiger partial charge is 0.146 e. The lowest BCUT2D eigenvalue weighted by molar-refractivity contribution is 0.474. The highest BCUT2D eigenvalue weighted by Crippen LogP contribution is 2.26. The molecule has 0 amide bonds. The Kier molecular flexibility index (Phi) is 3.41. The SMILES string of the molecule is Fc1cc(Oc2cncc(Br)c2)ccc1Cl. The van der Waals surface area contributed by atoms with E-state index in [0.717, 1.165) is 4.47 Å². The third-order valence-electron chi connectivity index (χ3n) is 1.81. The van der Waals surface area contributed by atoms with Crippen molar-refractivity contribution < 1.29 is 9.13 Å². The highest BCUT2D eigenvalue weighted by atomic mass is 79.9. The van der Waals surface area contributed by atoms with Crippen molar-refractivity contribution in [2.75, 3.05) is 0 Å². The molecule has 0 aliphatic carbocycles. The molecule has 0 atom stereocenters. The molecule has 0 N–H and O–H groups in total. The van der Waals surface area contributed by atoms with E-state index in [-0.39, 0.29) is 5.02 Å². The lowest BCUT2D eigenvalue weighted by Gasteiger charge is -2.05. The predicted molar refractivity (Wildman–Crippen MR) is 63.4 cm³/mol. The zero-order valence-corrected chi connectivity index (χ0v) is 10.3. The Labute approximate surface area is 105 Å². The van der Waals surface area contributed by atoms with Crippen molar-refractivity contribution >= 4 is 27.5 Å². The second-order valence-corrected chi connectivity index (χ2v) is 4.34. The van der Waals surface area contributed by atoms with Gasteiger partial charge in [0.05, 0.1) is 11.2 Å². The Morgan fingerprint density at radius 1 is 1.19 bits per heavy atom. The zero-order valence-electron chi connectivity index (χ0n) is 7.95. The van der Waals surface area contributed by atoms with Gasteiger partial charge in [0.2, 0.25) is 0 Å². The van der Waals surface area contributed by atoms with Gasteiger partial charge in [-0.05, 0) is 34.1 Å². The maximum Gasteiger partial charge on any atom is 0.146 e. The molecule has 0 radical (unpaired) electrons. The van der Waals surface area contributed by atoms with Crippen LogP contribution in [0.5, 0.6) is 11.5 Å². The van der Waals surface area contributed by atoms with Gasteiger partial charge >= 0.3 is 0 Å². The number of benzene rings is 1. The summed E-state index contributed by atoms with van der Waals surface area (Å²) in [5.41, 5.74) is 0. The summed E-state index contributed by atoms with van der Waals surface area (Å²) in [5.74, 6) is 0.389. The molecule has 5 heteroatoms. The minimum Gasteiger partial charge on any atom is -0.456 e. The summed E-state index contributed by atoms with van der Waals surface area (Å²) in [6.45, 7) is 0. The Balaban J connectivity index is 2.24. The topological polar surface area (TPSA) is 22.1 Å². The van der Waals surface area contributed by atoms with Crippen LogP contribution in [0.15, 0.2) is 41.1 Å². The van der Waals surface area contributed by atoms with Gasteiger partial charge in [0, 0.05) is 16.7 Å². The molecule has 0 aliphatic heterocycles. The predicted octanol–water partition coefficient (Wildman–Crippen LogP) is 4.43. The van der Waals surface area contributed by atoms with Crippen molar-refractivity contribution in [2.24, 2.45) is 0 Å². The number of aromatic nitrogens is 1. The summed E-state index contributed by atoms with van der Waals surface area (Å²) in [6, 6.07) is 5.99. The monoisotopic (exact) mass is 301 g/mol. The van der Waals surface area contributed by atoms with Crippen LogP contribution in [0.25, 0.3) is 0 Å². The first-order valence-electron chi connectivity index (χ1n) is 4.38. The molecule has 1 aromatic carbocycles. The lowest BCUT2D eigenvalue weighted by atomic mass is 10.3. The van der Waals surface area contributed by atoms with Gasteiger partial charge in [0.1, 0.15) is 17.3 Å². The van der Waals surface area contributed by atoms with Crippen LogP contribution in [0.1, 0.15) is 0 Å². The maximum absolute atomic E-state index is 13.1. The van der Waals surface area contributed by atoms with Gasteiger partial charge in [-0.25, -0.2) is 4.39 Å². The number of nitrogens with zero attached hydrogens (tertiary/aromatic N) is 1. The van der Waals surface area contributed by atoms with Crippen LogP contribution in [0.3, 0.4) is 0 Å². The Morgan fingerprint density at radius 2 is 2.00 bits per heavy atom. The molecule has 0 saturated carbocycles. The fourth-order valence-electron chi connectivity index (χ4n) is 1.12. The third-order valence-corrected chi connectivity index (χ3v) is 2.55. The molecule has 2 rings (SSSR count). The number of ether oxygens (including phenoxy) is 1. The van der Waals surface area contributed by atoms with Gasteiger partial charge in [-0.1, -0.05) is 11.6 Å². The quantitative estimate of drug-likeness (QED) is 0.819. The number of pyridine rings is 1. The van der Waals surface area contributed by atoms with Crippen molar-refractivity contribution in [3.05, 3.63) is 52.0 Å². The van der Waals surface area contributed by atoms with E-state index >= 15 is 0 Å². The number of rotatable bonds is 2. The number of hydrogen-bond donors (Lipinski definition) is 0. The van der Waals surface area contributed by atoms with Crippen LogP contribution in [-0.4, -0.2) is 4.98 Å². The summed E-state index contributed by atoms with van der Waals surface area (Å²) in [5, 5.41) is 0.0692. The van der Waals surface area contributed by atoms with Crippen molar-refractivity contribution in [2.45, 2.75) is 0 Å². The summed E-state index contributed by atoms with van der Waals surface area (Å²) in [7, 11) is 0. The van der Waals surface area contributed by atoms with E-state index in [2.05, 4.69) is 20.9 Å². The third kappa shape index (κ3) is 2.71. The van der Waals surface area contributed by atoms with E-state index < -0.39 is 5.82 Å². The van der Waals surface area contributed by atoms with Crippen LogP contribution in [-0.2, 0) is 0 Å². The largest absolute Gasteiger partial charge is 0.456 e. The Morgan fingerprint density at radius 3 is 2.69 bits per heavy atom. The van der Waals surface area contributed by atoms with Gasteiger partial charge in [-0.2, -0.15) is 0 Å². The molecular formula is C11H6BrClFNO. The van der Waals surface area contributed by atoms with E-state index in [4.69, 9.17) is 16.3 Å². The minimum absolute atomic E-state index is 0.0692. The fraction of sp³-hybridized carbons (Fsp3) is 0. The first-order valence-corrected chi connectivity index (χ1v) is 5.56. The fourth-order valence-corrected chi connectivity index (χ4v) is 1.59. The second-order valence-electron chi connectivity index (χ2n) is 3.02. The molecule has 0 saturated heterocycles. The summed E-state index contributed by atoms with van der Waals surface area (Å²) in [4.78, 5) is 3.93. The lowest BCUT2D eigenvalue weighted by Crippen LogP contribution is -1.86. The standard InChI is InChI=1S/C11H6BrClFNO/c12-7-3-9(6-15-5-7)16-8-1-2-10(13)11(14)4-8/h1-6H. The van der Waals surface area contributed by atoms with Crippen LogP contribution < -0.4 is 4.74 Å². The molecule has 82 valence electrons. The molecular weight excluding hydrogens is 296 g/mol. The van der Waals surface area contributed by atoms with Crippen molar-refractivity contribution in [3.8, 4) is 11.5 Å². The average molecular weight is 303 g/mol. The van der Waals surface area contributed by atoms with Crippen molar-refractivity contribution in [1.29, 1.82) is 0 Å². The van der Waals surface area contributed by atoms with Gasteiger partial charge in [0.15, 0.2) is 0 Å². The van der Waals surface area contributed by atoms with Crippen LogP contribution in [0.4, 0.5) is 4.39 Å². The van der Waals surface area contributed by atoms with E-state index in [0.29, 0.717) is 11.5 Å². The summed E-state index contributed by atoms with van der Waals surface area (Å²) in [6.07, 6.45) is 3.17. The molecule has 0 aliphatic rings. The first kappa shape index (κ1) is 11.4. The first-order chi connectivity index (χ1) is 7.65. The highest BCUT2D eigenvalue weighted by Gasteiger charge is 2.03. The van der Waals surface area contributed by atoms with Crippen LogP contribution >= 0.6 is 27.5 Å². The van der Waals surface area contributed by atoms with Crippen molar-refractivity contribution in [3.63, 3.8) is 0 Å². The zero-order chi connectivity index (χ0) is 11.5. The molecule has 1 heterocycles. The van der Waals surface area contributed by atoms with Gasteiger partial charge in [-0.3, -0.25) is 4.98 Å². The maximum atomic E-state index is 13.1. The molecule has 2 nitrogen and oxygen atoms in total. The molecule has 16 heavy (non-hydrogen) atoms. The summed E-state index contributed by atoms with van der Waals surface area (Å²) < 4.78 is 19.3. The minimum atomic E-state index is -0.512. The molecule has 0 bridgehead atoms. The Hall–Kier alpha value is -1.13. The molecule has 0 fully saturated rings. The molecule has 1 aromatic heterocycles. The number of halogens is 3. The van der Waals surface area contributed by atoms with Gasteiger partial charge < -0.3 is 4.74 Å². The van der Waals surface area contributed by atoms with E-state index in [1.54, 1.807) is 18.3 Å².